The molecule has 0 heterocycles. The number of carbonyl (C=O) groups excluding carboxylic acids is 1. The molecule has 3 nitrogen and oxygen atoms in total. The van der Waals surface area contributed by atoms with Crippen LogP contribution >= 0.6 is 0 Å². The molecule has 3 rings (SSSR count). The molecule has 0 aromatic heterocycles. The van der Waals surface area contributed by atoms with Crippen LogP contribution in [0.25, 0.3) is 0 Å². The minimum absolute atomic E-state index is 0.0453. The Hall–Kier alpha value is -2.91. The zero-order valence-corrected chi connectivity index (χ0v) is 16.3. The Morgan fingerprint density at radius 3 is 1.68 bits per heavy atom. The molecule has 0 spiro atoms. The highest BCUT2D eigenvalue weighted by atomic mass is 16.3. The molecule has 0 fully saturated rings. The van der Waals surface area contributed by atoms with E-state index in [4.69, 9.17) is 0 Å². The van der Waals surface area contributed by atoms with Crippen LogP contribution in [-0.2, 0) is 23.5 Å². The molecular weight excluding hydrogens is 346 g/mol. The highest BCUT2D eigenvalue weighted by molar-refractivity contribution is 5.76. The molecule has 0 aliphatic carbocycles. The van der Waals surface area contributed by atoms with Gasteiger partial charge in [-0.15, -0.1) is 0 Å². The molecular formula is C25H27NO2. The Morgan fingerprint density at radius 1 is 0.786 bits per heavy atom. The van der Waals surface area contributed by atoms with E-state index in [1.807, 2.05) is 95.9 Å². The molecule has 28 heavy (non-hydrogen) atoms. The van der Waals surface area contributed by atoms with Crippen molar-refractivity contribution in [2.24, 2.45) is 0 Å². The average Bonchev–Trinajstić information content (AvgIpc) is 2.74. The zero-order chi connectivity index (χ0) is 19.8. The van der Waals surface area contributed by atoms with Crippen molar-refractivity contribution in [3.63, 3.8) is 0 Å². The highest BCUT2D eigenvalue weighted by Gasteiger charge is 2.25. The van der Waals surface area contributed by atoms with Crippen LogP contribution in [0.2, 0.25) is 0 Å². The molecule has 0 saturated carbocycles. The Morgan fingerprint density at radius 2 is 1.21 bits per heavy atom. The summed E-state index contributed by atoms with van der Waals surface area (Å²) in [5.74, 6) is 0.0453. The van der Waals surface area contributed by atoms with Crippen LogP contribution < -0.4 is 0 Å². The third-order valence-corrected chi connectivity index (χ3v) is 5.01. The van der Waals surface area contributed by atoms with Crippen molar-refractivity contribution in [1.29, 1.82) is 0 Å². The number of nitrogens with zero attached hydrogens (tertiary/aromatic N) is 1. The molecule has 0 aliphatic heterocycles. The van der Waals surface area contributed by atoms with E-state index in [0.717, 1.165) is 16.7 Å². The van der Waals surface area contributed by atoms with Crippen LogP contribution in [0.5, 0.6) is 0 Å². The summed E-state index contributed by atoms with van der Waals surface area (Å²) < 4.78 is 0. The fourth-order valence-corrected chi connectivity index (χ4v) is 3.29. The molecule has 1 atom stereocenters. The predicted molar refractivity (Wildman–Crippen MR) is 112 cm³/mol. The maximum Gasteiger partial charge on any atom is 0.223 e. The molecule has 1 unspecified atom stereocenters. The van der Waals surface area contributed by atoms with Gasteiger partial charge in [-0.1, -0.05) is 91.0 Å². The van der Waals surface area contributed by atoms with Crippen LogP contribution in [0.4, 0.5) is 0 Å². The van der Waals surface area contributed by atoms with E-state index in [-0.39, 0.29) is 5.91 Å². The first kappa shape index (κ1) is 19.8. The van der Waals surface area contributed by atoms with Crippen LogP contribution in [-0.4, -0.2) is 15.9 Å². The van der Waals surface area contributed by atoms with Crippen LogP contribution in [0.1, 0.15) is 36.5 Å². The van der Waals surface area contributed by atoms with Crippen molar-refractivity contribution >= 4 is 5.91 Å². The summed E-state index contributed by atoms with van der Waals surface area (Å²) in [5.41, 5.74) is 2.01. The average molecular weight is 373 g/mol. The van der Waals surface area contributed by atoms with E-state index in [1.165, 1.54) is 0 Å². The van der Waals surface area contributed by atoms with Crippen molar-refractivity contribution < 1.29 is 9.90 Å². The lowest BCUT2D eigenvalue weighted by atomic mass is 9.91. The summed E-state index contributed by atoms with van der Waals surface area (Å²) in [6, 6.07) is 29.6. The van der Waals surface area contributed by atoms with Gasteiger partial charge in [-0.25, -0.2) is 0 Å². The highest BCUT2D eigenvalue weighted by Crippen LogP contribution is 2.26. The summed E-state index contributed by atoms with van der Waals surface area (Å²) in [4.78, 5) is 14.9. The van der Waals surface area contributed by atoms with Gasteiger partial charge in [0.1, 0.15) is 0 Å². The molecule has 0 bridgehead atoms. The summed E-state index contributed by atoms with van der Waals surface area (Å²) in [6.07, 6.45) is 0.678. The Labute approximate surface area is 167 Å². The molecule has 3 aromatic carbocycles. The molecule has 1 N–H and O–H groups in total. The SMILES string of the molecule is CC(O)(CCC(=O)N(Cc1ccccc1)Cc1ccccc1)c1ccccc1. The summed E-state index contributed by atoms with van der Waals surface area (Å²) in [5, 5.41) is 10.8. The summed E-state index contributed by atoms with van der Waals surface area (Å²) in [7, 11) is 0. The quantitative estimate of drug-likeness (QED) is 0.610. The van der Waals surface area contributed by atoms with Crippen LogP contribution in [0, 0.1) is 0 Å². The third-order valence-electron chi connectivity index (χ3n) is 5.01. The van der Waals surface area contributed by atoms with Crippen molar-refractivity contribution in [3.8, 4) is 0 Å². The number of amides is 1. The van der Waals surface area contributed by atoms with Gasteiger partial charge >= 0.3 is 0 Å². The van der Waals surface area contributed by atoms with Crippen molar-refractivity contribution in [2.75, 3.05) is 0 Å². The van der Waals surface area contributed by atoms with Crippen molar-refractivity contribution in [1.82, 2.24) is 4.90 Å². The van der Waals surface area contributed by atoms with Gasteiger partial charge in [-0.05, 0) is 30.0 Å². The van der Waals surface area contributed by atoms with Crippen LogP contribution in [0.15, 0.2) is 91.0 Å². The van der Waals surface area contributed by atoms with Gasteiger partial charge < -0.3 is 10.0 Å². The van der Waals surface area contributed by atoms with E-state index in [1.54, 1.807) is 6.92 Å². The second kappa shape index (κ2) is 9.34. The van der Waals surface area contributed by atoms with Gasteiger partial charge in [-0.2, -0.15) is 0 Å². The van der Waals surface area contributed by atoms with Gasteiger partial charge in [0.25, 0.3) is 0 Å². The van der Waals surface area contributed by atoms with Gasteiger partial charge in [-0.3, -0.25) is 4.79 Å². The number of rotatable bonds is 8. The van der Waals surface area contributed by atoms with Gasteiger partial charge in [0.15, 0.2) is 0 Å². The molecule has 0 radical (unpaired) electrons. The predicted octanol–water partition coefficient (Wildman–Crippen LogP) is 4.90. The Bertz CT molecular complexity index is 819. The minimum Gasteiger partial charge on any atom is -0.385 e. The largest absolute Gasteiger partial charge is 0.385 e. The fraction of sp³-hybridized carbons (Fsp3) is 0.240. The third kappa shape index (κ3) is 5.54. The molecule has 0 saturated heterocycles. The van der Waals surface area contributed by atoms with Crippen molar-refractivity contribution in [3.05, 3.63) is 108 Å². The van der Waals surface area contributed by atoms with Gasteiger partial charge in [0.2, 0.25) is 5.91 Å². The lowest BCUT2D eigenvalue weighted by Crippen LogP contribution is -2.32. The minimum atomic E-state index is -1.03. The number of hydrogen-bond acceptors (Lipinski definition) is 2. The first-order valence-corrected chi connectivity index (χ1v) is 9.68. The maximum absolute atomic E-state index is 13.0. The topological polar surface area (TPSA) is 40.5 Å². The van der Waals surface area contributed by atoms with E-state index >= 15 is 0 Å². The number of hydrogen-bond donors (Lipinski definition) is 1. The number of aliphatic hydroxyl groups is 1. The number of benzene rings is 3. The fourth-order valence-electron chi connectivity index (χ4n) is 3.29. The standard InChI is InChI=1S/C25H27NO2/c1-25(28,23-15-9-4-10-16-23)18-17-24(27)26(19-21-11-5-2-6-12-21)20-22-13-7-3-8-14-22/h2-16,28H,17-20H2,1H3. The van der Waals surface area contributed by atoms with Crippen LogP contribution in [0.3, 0.4) is 0 Å². The Balaban J connectivity index is 1.70. The summed E-state index contributed by atoms with van der Waals surface area (Å²) in [6.45, 7) is 2.89. The molecule has 0 aliphatic rings. The molecule has 3 aromatic rings. The van der Waals surface area contributed by atoms with E-state index in [0.29, 0.717) is 25.9 Å². The first-order valence-electron chi connectivity index (χ1n) is 9.68. The molecule has 3 heteroatoms. The smallest absolute Gasteiger partial charge is 0.223 e. The molecule has 1 amide bonds. The number of carbonyl (C=O) groups is 1. The van der Waals surface area contributed by atoms with E-state index < -0.39 is 5.60 Å². The van der Waals surface area contributed by atoms with Crippen molar-refractivity contribution in [2.45, 2.75) is 38.5 Å². The van der Waals surface area contributed by atoms with Gasteiger partial charge in [0.05, 0.1) is 5.60 Å². The first-order chi connectivity index (χ1) is 13.5. The Kier molecular flexibility index (Phi) is 6.62. The van der Waals surface area contributed by atoms with E-state index in [9.17, 15) is 9.90 Å². The van der Waals surface area contributed by atoms with Gasteiger partial charge in [0, 0.05) is 19.5 Å². The zero-order valence-electron chi connectivity index (χ0n) is 16.3. The normalized spacial score (nSPS) is 12.9. The summed E-state index contributed by atoms with van der Waals surface area (Å²) >= 11 is 0. The maximum atomic E-state index is 13.0. The monoisotopic (exact) mass is 373 g/mol. The second-order valence-electron chi connectivity index (χ2n) is 7.36. The lowest BCUT2D eigenvalue weighted by molar-refractivity contribution is -0.133. The lowest BCUT2D eigenvalue weighted by Gasteiger charge is -2.27. The van der Waals surface area contributed by atoms with E-state index in [2.05, 4.69) is 0 Å². The molecule has 144 valence electrons. The second-order valence-corrected chi connectivity index (χ2v) is 7.36.